The summed E-state index contributed by atoms with van der Waals surface area (Å²) in [6.45, 7) is 5.31. The highest BCUT2D eigenvalue weighted by Crippen LogP contribution is 2.35. The van der Waals surface area contributed by atoms with E-state index in [1.807, 2.05) is 43.3 Å². The van der Waals surface area contributed by atoms with E-state index in [1.54, 1.807) is 6.08 Å². The molecule has 0 saturated carbocycles. The highest BCUT2D eigenvalue weighted by atomic mass is 16.5. The number of unbranched alkanes of at least 4 members (excludes halogenated alkanes) is 1. The monoisotopic (exact) mass is 287 g/mol. The standard InChI is InChI=1S/C18H25NO2/c1-3-5-11-16-17(20)12-13-18(16,14-21-4-2)19-15-9-7-6-8-10-15/h6-10,12-13,16,19H,3-5,11,14H2,1-2H3/t16-,18+/m1/s1. The van der Waals surface area contributed by atoms with Gasteiger partial charge in [0.05, 0.1) is 18.1 Å². The Morgan fingerprint density at radius 2 is 2.00 bits per heavy atom. The average molecular weight is 287 g/mol. The Hall–Kier alpha value is -1.61. The third-order valence-electron chi connectivity index (χ3n) is 4.05. The van der Waals surface area contributed by atoms with E-state index in [0.29, 0.717) is 13.2 Å². The maximum atomic E-state index is 12.3. The van der Waals surface area contributed by atoms with E-state index in [0.717, 1.165) is 24.9 Å². The van der Waals surface area contributed by atoms with Gasteiger partial charge in [0.2, 0.25) is 0 Å². The van der Waals surface area contributed by atoms with Gasteiger partial charge >= 0.3 is 0 Å². The molecule has 0 radical (unpaired) electrons. The predicted octanol–water partition coefficient (Wildman–Crippen LogP) is 3.82. The van der Waals surface area contributed by atoms with Crippen molar-refractivity contribution in [1.29, 1.82) is 0 Å². The lowest BCUT2D eigenvalue weighted by Crippen LogP contribution is -2.47. The van der Waals surface area contributed by atoms with Crippen LogP contribution in [0.15, 0.2) is 42.5 Å². The van der Waals surface area contributed by atoms with Crippen LogP contribution in [0.5, 0.6) is 0 Å². The van der Waals surface area contributed by atoms with Gasteiger partial charge in [0.15, 0.2) is 5.78 Å². The summed E-state index contributed by atoms with van der Waals surface area (Å²) in [6, 6.07) is 10.0. The number of carbonyl (C=O) groups excluding carboxylic acids is 1. The molecule has 0 amide bonds. The SMILES string of the molecule is CCCC[C@@H]1C(=O)C=C[C@@]1(COCC)Nc1ccccc1. The number of rotatable bonds is 8. The molecule has 3 heteroatoms. The number of para-hydroxylation sites is 1. The smallest absolute Gasteiger partial charge is 0.161 e. The normalized spacial score (nSPS) is 24.5. The van der Waals surface area contributed by atoms with Crippen molar-refractivity contribution in [1.82, 2.24) is 0 Å². The van der Waals surface area contributed by atoms with Crippen LogP contribution in [-0.2, 0) is 9.53 Å². The number of carbonyl (C=O) groups is 1. The molecule has 0 aliphatic heterocycles. The quantitative estimate of drug-likeness (QED) is 0.790. The summed E-state index contributed by atoms with van der Waals surface area (Å²) < 4.78 is 5.69. The Labute approximate surface area is 127 Å². The first-order valence-electron chi connectivity index (χ1n) is 7.86. The van der Waals surface area contributed by atoms with Crippen molar-refractivity contribution in [2.75, 3.05) is 18.5 Å². The molecule has 3 nitrogen and oxygen atoms in total. The van der Waals surface area contributed by atoms with Gasteiger partial charge in [-0.15, -0.1) is 0 Å². The molecule has 21 heavy (non-hydrogen) atoms. The van der Waals surface area contributed by atoms with Crippen LogP contribution in [0, 0.1) is 5.92 Å². The highest BCUT2D eigenvalue weighted by molar-refractivity contribution is 5.97. The molecule has 0 saturated heterocycles. The number of ketones is 1. The molecule has 2 rings (SSSR count). The second kappa shape index (κ2) is 7.41. The summed E-state index contributed by atoms with van der Waals surface area (Å²) in [5, 5.41) is 3.55. The van der Waals surface area contributed by atoms with E-state index in [1.165, 1.54) is 0 Å². The maximum Gasteiger partial charge on any atom is 0.161 e. The van der Waals surface area contributed by atoms with Crippen LogP contribution >= 0.6 is 0 Å². The minimum Gasteiger partial charge on any atom is -0.379 e. The summed E-state index contributed by atoms with van der Waals surface area (Å²) in [5.74, 6) is 0.177. The first-order valence-corrected chi connectivity index (χ1v) is 7.86. The zero-order valence-electron chi connectivity index (χ0n) is 13.0. The van der Waals surface area contributed by atoms with Crippen molar-refractivity contribution < 1.29 is 9.53 Å². The molecule has 0 aromatic heterocycles. The van der Waals surface area contributed by atoms with Gasteiger partial charge in [0.1, 0.15) is 0 Å². The Morgan fingerprint density at radius 3 is 2.67 bits per heavy atom. The molecule has 1 aliphatic carbocycles. The minimum absolute atomic E-state index is 0.0378. The lowest BCUT2D eigenvalue weighted by atomic mass is 9.83. The van der Waals surface area contributed by atoms with Gasteiger partial charge in [-0.05, 0) is 31.6 Å². The Kier molecular flexibility index (Phi) is 5.57. The zero-order chi connectivity index (χ0) is 15.1. The van der Waals surface area contributed by atoms with Gasteiger partial charge < -0.3 is 10.1 Å². The molecule has 114 valence electrons. The van der Waals surface area contributed by atoms with Crippen LogP contribution in [0.3, 0.4) is 0 Å². The van der Waals surface area contributed by atoms with E-state index in [-0.39, 0.29) is 11.7 Å². The van der Waals surface area contributed by atoms with E-state index >= 15 is 0 Å². The fraction of sp³-hybridized carbons (Fsp3) is 0.500. The Bertz CT molecular complexity index is 483. The van der Waals surface area contributed by atoms with Crippen molar-refractivity contribution >= 4 is 11.5 Å². The van der Waals surface area contributed by atoms with Crippen LogP contribution in [-0.4, -0.2) is 24.5 Å². The highest BCUT2D eigenvalue weighted by Gasteiger charge is 2.44. The molecule has 0 unspecified atom stereocenters. The second-order valence-corrected chi connectivity index (χ2v) is 5.60. The molecule has 2 atom stereocenters. The third-order valence-corrected chi connectivity index (χ3v) is 4.05. The maximum absolute atomic E-state index is 12.3. The number of hydrogen-bond acceptors (Lipinski definition) is 3. The van der Waals surface area contributed by atoms with Crippen LogP contribution in [0.25, 0.3) is 0 Å². The van der Waals surface area contributed by atoms with Gasteiger partial charge in [-0.1, -0.05) is 44.0 Å². The fourth-order valence-corrected chi connectivity index (χ4v) is 2.90. The summed E-state index contributed by atoms with van der Waals surface area (Å²) in [4.78, 5) is 12.3. The first-order chi connectivity index (χ1) is 10.2. The van der Waals surface area contributed by atoms with Crippen molar-refractivity contribution in [2.24, 2.45) is 5.92 Å². The Morgan fingerprint density at radius 1 is 1.24 bits per heavy atom. The van der Waals surface area contributed by atoms with E-state index in [9.17, 15) is 4.79 Å². The summed E-state index contributed by atoms with van der Waals surface area (Å²) in [6.07, 6.45) is 6.77. The van der Waals surface area contributed by atoms with Gasteiger partial charge in [0, 0.05) is 12.3 Å². The average Bonchev–Trinajstić information content (AvgIpc) is 2.81. The molecular formula is C18H25NO2. The number of allylic oxidation sites excluding steroid dienone is 1. The van der Waals surface area contributed by atoms with E-state index in [4.69, 9.17) is 4.74 Å². The first kappa shape index (κ1) is 15.8. The summed E-state index contributed by atoms with van der Waals surface area (Å²) in [7, 11) is 0. The van der Waals surface area contributed by atoms with Gasteiger partial charge in [0.25, 0.3) is 0 Å². The number of nitrogens with one attached hydrogen (secondary N) is 1. The molecular weight excluding hydrogens is 262 g/mol. The molecule has 0 heterocycles. The lowest BCUT2D eigenvalue weighted by molar-refractivity contribution is -0.119. The van der Waals surface area contributed by atoms with Crippen LogP contribution < -0.4 is 5.32 Å². The third kappa shape index (κ3) is 3.73. The Balaban J connectivity index is 2.22. The lowest BCUT2D eigenvalue weighted by Gasteiger charge is -2.35. The molecule has 1 aromatic carbocycles. The minimum atomic E-state index is -0.413. The van der Waals surface area contributed by atoms with E-state index < -0.39 is 5.54 Å². The fourth-order valence-electron chi connectivity index (χ4n) is 2.90. The van der Waals surface area contributed by atoms with Crippen LogP contribution in [0.4, 0.5) is 5.69 Å². The molecule has 0 bridgehead atoms. The van der Waals surface area contributed by atoms with Gasteiger partial charge in [-0.3, -0.25) is 4.79 Å². The zero-order valence-corrected chi connectivity index (χ0v) is 13.0. The van der Waals surface area contributed by atoms with Gasteiger partial charge in [-0.25, -0.2) is 0 Å². The number of ether oxygens (including phenoxy) is 1. The molecule has 1 aliphatic rings. The molecule has 0 spiro atoms. The number of benzene rings is 1. The van der Waals surface area contributed by atoms with Crippen LogP contribution in [0.1, 0.15) is 33.1 Å². The largest absolute Gasteiger partial charge is 0.379 e. The summed E-state index contributed by atoms with van der Waals surface area (Å²) >= 11 is 0. The van der Waals surface area contributed by atoms with Crippen LogP contribution in [0.2, 0.25) is 0 Å². The van der Waals surface area contributed by atoms with E-state index in [2.05, 4.69) is 12.2 Å². The summed E-state index contributed by atoms with van der Waals surface area (Å²) in [5.41, 5.74) is 0.613. The molecule has 0 fully saturated rings. The molecule has 1 N–H and O–H groups in total. The van der Waals surface area contributed by atoms with Crippen molar-refractivity contribution in [2.45, 2.75) is 38.6 Å². The van der Waals surface area contributed by atoms with Crippen molar-refractivity contribution in [3.63, 3.8) is 0 Å². The van der Waals surface area contributed by atoms with Crippen molar-refractivity contribution in [3.05, 3.63) is 42.5 Å². The number of anilines is 1. The molecule has 1 aromatic rings. The number of hydrogen-bond donors (Lipinski definition) is 1. The van der Waals surface area contributed by atoms with Gasteiger partial charge in [-0.2, -0.15) is 0 Å². The topological polar surface area (TPSA) is 38.3 Å². The second-order valence-electron chi connectivity index (χ2n) is 5.60. The van der Waals surface area contributed by atoms with Crippen molar-refractivity contribution in [3.8, 4) is 0 Å². The predicted molar refractivity (Wildman–Crippen MR) is 86.5 cm³/mol.